The second-order valence-corrected chi connectivity index (χ2v) is 12.3. The van der Waals surface area contributed by atoms with E-state index in [0.717, 1.165) is 45.8 Å². The lowest BCUT2D eigenvalue weighted by molar-refractivity contribution is -0.134. The maximum absolute atomic E-state index is 12.4. The summed E-state index contributed by atoms with van der Waals surface area (Å²) in [7, 11) is 0. The topological polar surface area (TPSA) is 78.9 Å². The van der Waals surface area contributed by atoms with Crippen LogP contribution in [0, 0.1) is 10.8 Å². The summed E-state index contributed by atoms with van der Waals surface area (Å²) in [6, 6.07) is 0. The average molecular weight is 547 g/mol. The summed E-state index contributed by atoms with van der Waals surface area (Å²) in [5.41, 5.74) is 0.663. The number of ether oxygens (including phenoxy) is 6. The Kier molecular flexibility index (Phi) is 19.5. The molecule has 1 heterocycles. The first-order valence-corrected chi connectivity index (χ1v) is 14.5. The predicted molar refractivity (Wildman–Crippen MR) is 151 cm³/mol. The smallest absolute Gasteiger partial charge is 0.224 e. The molecule has 0 aromatic rings. The number of hydrogen-bond donors (Lipinski definition) is 0. The third-order valence-corrected chi connectivity index (χ3v) is 6.22. The molecule has 0 unspecified atom stereocenters. The van der Waals surface area contributed by atoms with Gasteiger partial charge in [0.25, 0.3) is 0 Å². The van der Waals surface area contributed by atoms with Crippen LogP contribution in [0.5, 0.6) is 0 Å². The van der Waals surface area contributed by atoms with Gasteiger partial charge in [0.15, 0.2) is 0 Å². The van der Waals surface area contributed by atoms with Crippen LogP contribution in [0.15, 0.2) is 0 Å². The number of hydrogen-bond acceptors (Lipinski definition) is 8. The van der Waals surface area contributed by atoms with E-state index < -0.39 is 0 Å². The van der Waals surface area contributed by atoms with Crippen LogP contribution >= 0.6 is 0 Å². The summed E-state index contributed by atoms with van der Waals surface area (Å²) in [5, 5.41) is 0. The van der Waals surface area contributed by atoms with Gasteiger partial charge < -0.3 is 33.3 Å². The highest BCUT2D eigenvalue weighted by molar-refractivity contribution is 5.76. The predicted octanol–water partition coefficient (Wildman–Crippen LogP) is 3.49. The van der Waals surface area contributed by atoms with Crippen molar-refractivity contribution < 1.29 is 33.2 Å². The minimum Gasteiger partial charge on any atom is -0.379 e. The first-order chi connectivity index (χ1) is 18.1. The van der Waals surface area contributed by atoms with Crippen molar-refractivity contribution in [2.45, 2.75) is 60.8 Å². The molecular weight excluding hydrogens is 488 g/mol. The summed E-state index contributed by atoms with van der Waals surface area (Å²) in [5.74, 6) is 0.184. The van der Waals surface area contributed by atoms with Gasteiger partial charge in [-0.15, -0.1) is 0 Å². The quantitative estimate of drug-likeness (QED) is 0.191. The highest BCUT2D eigenvalue weighted by atomic mass is 16.6. The SMILES string of the molecule is CC(C)(C)CCOCCOCCOCCOCCOCCOCCC(=O)N1CCN(CCC(C)(C)C)CC1. The van der Waals surface area contributed by atoms with Gasteiger partial charge in [0, 0.05) is 32.8 Å². The fraction of sp³-hybridized carbons (Fsp3) is 0.966. The van der Waals surface area contributed by atoms with Gasteiger partial charge in [-0.05, 0) is 30.2 Å². The number of carbonyl (C=O) groups excluding carboxylic acids is 1. The monoisotopic (exact) mass is 546 g/mol. The number of carbonyl (C=O) groups is 1. The molecule has 38 heavy (non-hydrogen) atoms. The summed E-state index contributed by atoms with van der Waals surface area (Å²) in [4.78, 5) is 16.8. The van der Waals surface area contributed by atoms with Crippen LogP contribution in [0.1, 0.15) is 60.8 Å². The van der Waals surface area contributed by atoms with Crippen molar-refractivity contribution in [1.82, 2.24) is 9.80 Å². The van der Waals surface area contributed by atoms with Crippen molar-refractivity contribution in [3.8, 4) is 0 Å². The fourth-order valence-corrected chi connectivity index (χ4v) is 3.61. The van der Waals surface area contributed by atoms with E-state index in [9.17, 15) is 4.79 Å². The summed E-state index contributed by atoms with van der Waals surface area (Å²) in [6.07, 6.45) is 2.66. The van der Waals surface area contributed by atoms with Crippen molar-refractivity contribution in [1.29, 1.82) is 0 Å². The molecule has 0 saturated carbocycles. The lowest BCUT2D eigenvalue weighted by Crippen LogP contribution is -2.49. The third kappa shape index (κ3) is 22.1. The minimum atomic E-state index is 0.184. The Labute approximate surface area is 232 Å². The molecule has 0 atom stereocenters. The molecule has 0 aromatic carbocycles. The maximum atomic E-state index is 12.4. The van der Waals surface area contributed by atoms with Gasteiger partial charge in [0.2, 0.25) is 5.91 Å². The Bertz CT molecular complexity index is 570. The zero-order valence-corrected chi connectivity index (χ0v) is 25.4. The second-order valence-electron chi connectivity index (χ2n) is 12.3. The van der Waals surface area contributed by atoms with Crippen LogP contribution in [0.3, 0.4) is 0 Å². The molecule has 0 N–H and O–H groups in total. The van der Waals surface area contributed by atoms with Crippen molar-refractivity contribution in [3.63, 3.8) is 0 Å². The lowest BCUT2D eigenvalue weighted by atomic mass is 9.92. The molecule has 0 radical (unpaired) electrons. The van der Waals surface area contributed by atoms with Crippen LogP contribution in [-0.4, -0.2) is 128 Å². The summed E-state index contributed by atoms with van der Waals surface area (Å²) < 4.78 is 33.1. The van der Waals surface area contributed by atoms with Crippen LogP contribution in [-0.2, 0) is 33.2 Å². The first kappa shape index (κ1) is 35.2. The van der Waals surface area contributed by atoms with Crippen molar-refractivity contribution in [3.05, 3.63) is 0 Å². The molecule has 9 nitrogen and oxygen atoms in total. The fourth-order valence-electron chi connectivity index (χ4n) is 3.61. The van der Waals surface area contributed by atoms with Gasteiger partial charge in [0.05, 0.1) is 79.1 Å². The van der Waals surface area contributed by atoms with E-state index in [0.29, 0.717) is 89.9 Å². The van der Waals surface area contributed by atoms with Gasteiger partial charge >= 0.3 is 0 Å². The van der Waals surface area contributed by atoms with Gasteiger partial charge in [-0.25, -0.2) is 0 Å². The molecular formula is C29H58N2O7. The Hall–Kier alpha value is -0.810. The van der Waals surface area contributed by atoms with Crippen molar-refractivity contribution >= 4 is 5.91 Å². The molecule has 1 saturated heterocycles. The van der Waals surface area contributed by atoms with Gasteiger partial charge in [-0.1, -0.05) is 41.5 Å². The molecule has 9 heteroatoms. The average Bonchev–Trinajstić information content (AvgIpc) is 2.85. The molecule has 0 aromatic heterocycles. The van der Waals surface area contributed by atoms with Crippen LogP contribution < -0.4 is 0 Å². The zero-order chi connectivity index (χ0) is 28.1. The molecule has 0 spiro atoms. The highest BCUT2D eigenvalue weighted by Gasteiger charge is 2.22. The van der Waals surface area contributed by atoms with Crippen LogP contribution in [0.4, 0.5) is 0 Å². The molecule has 1 rings (SSSR count). The number of nitrogens with zero attached hydrogens (tertiary/aromatic N) is 2. The van der Waals surface area contributed by atoms with E-state index in [-0.39, 0.29) is 5.91 Å². The van der Waals surface area contributed by atoms with E-state index in [4.69, 9.17) is 28.4 Å². The van der Waals surface area contributed by atoms with Gasteiger partial charge in [-0.2, -0.15) is 0 Å². The van der Waals surface area contributed by atoms with Gasteiger partial charge in [0.1, 0.15) is 0 Å². The minimum absolute atomic E-state index is 0.184. The Morgan fingerprint density at radius 3 is 1.29 bits per heavy atom. The molecule has 0 bridgehead atoms. The summed E-state index contributed by atoms with van der Waals surface area (Å²) >= 11 is 0. The Morgan fingerprint density at radius 2 is 0.895 bits per heavy atom. The number of piperazine rings is 1. The number of amides is 1. The Balaban J connectivity index is 1.78. The second kappa shape index (κ2) is 21.0. The van der Waals surface area contributed by atoms with Gasteiger partial charge in [-0.3, -0.25) is 9.69 Å². The largest absolute Gasteiger partial charge is 0.379 e. The molecule has 1 amide bonds. The van der Waals surface area contributed by atoms with Crippen LogP contribution in [0.25, 0.3) is 0 Å². The van der Waals surface area contributed by atoms with E-state index >= 15 is 0 Å². The normalized spacial score (nSPS) is 15.4. The highest BCUT2D eigenvalue weighted by Crippen LogP contribution is 2.19. The van der Waals surface area contributed by atoms with E-state index in [1.54, 1.807) is 0 Å². The van der Waals surface area contributed by atoms with Crippen molar-refractivity contribution in [2.24, 2.45) is 10.8 Å². The molecule has 1 fully saturated rings. The number of rotatable bonds is 22. The maximum Gasteiger partial charge on any atom is 0.224 e. The molecule has 226 valence electrons. The first-order valence-electron chi connectivity index (χ1n) is 14.5. The van der Waals surface area contributed by atoms with E-state index in [2.05, 4.69) is 46.4 Å². The molecule has 0 aliphatic carbocycles. The van der Waals surface area contributed by atoms with E-state index in [1.807, 2.05) is 4.90 Å². The standard InChI is InChI=1S/C29H58N2O7/c1-28(2,3)8-10-30-11-13-31(14-12-30)27(32)7-15-33-17-19-35-21-23-37-25-26-38-24-22-36-20-18-34-16-9-29(4,5)6/h7-26H2,1-6H3. The van der Waals surface area contributed by atoms with Crippen molar-refractivity contribution in [2.75, 3.05) is 112 Å². The zero-order valence-electron chi connectivity index (χ0n) is 25.4. The Morgan fingerprint density at radius 1 is 0.526 bits per heavy atom. The third-order valence-electron chi connectivity index (χ3n) is 6.22. The summed E-state index contributed by atoms with van der Waals surface area (Å²) in [6.45, 7) is 24.7. The molecule has 1 aliphatic rings. The molecule has 1 aliphatic heterocycles. The van der Waals surface area contributed by atoms with Crippen LogP contribution in [0.2, 0.25) is 0 Å². The lowest BCUT2D eigenvalue weighted by Gasteiger charge is -2.36. The van der Waals surface area contributed by atoms with E-state index in [1.165, 1.54) is 6.42 Å².